The Morgan fingerprint density at radius 3 is 2.61 bits per heavy atom. The van der Waals surface area contributed by atoms with E-state index in [1.165, 1.54) is 4.68 Å². The molecular weight excluding hydrogens is 362 g/mol. The first-order valence-electron chi connectivity index (χ1n) is 10.0. The molecule has 2 aromatic rings. The van der Waals surface area contributed by atoms with E-state index >= 15 is 0 Å². The first kappa shape index (κ1) is 20.7. The minimum Gasteiger partial charge on any atom is -0.370 e. The Morgan fingerprint density at radius 1 is 1.25 bits per heavy atom. The van der Waals surface area contributed by atoms with Crippen molar-refractivity contribution in [2.24, 2.45) is 11.8 Å². The van der Waals surface area contributed by atoms with Gasteiger partial charge < -0.3 is 14.0 Å². The molecule has 9 heteroatoms. The molecule has 0 bridgehead atoms. The number of nitrogens with zero attached hydrogens (tertiary/aromatic N) is 5. The molecule has 0 saturated carbocycles. The van der Waals surface area contributed by atoms with E-state index in [2.05, 4.69) is 36.0 Å². The molecule has 9 nitrogen and oxygen atoms in total. The minimum absolute atomic E-state index is 0.0182. The van der Waals surface area contributed by atoms with Crippen LogP contribution in [-0.4, -0.2) is 37.7 Å². The maximum absolute atomic E-state index is 12.9. The zero-order chi connectivity index (χ0) is 20.4. The van der Waals surface area contributed by atoms with E-state index in [1.54, 1.807) is 4.57 Å². The minimum atomic E-state index is -0.270. The van der Waals surface area contributed by atoms with Crippen molar-refractivity contribution < 1.29 is 14.0 Å². The highest BCUT2D eigenvalue weighted by molar-refractivity contribution is 5.00. The lowest BCUT2D eigenvalue weighted by atomic mass is 10.0. The van der Waals surface area contributed by atoms with Gasteiger partial charge in [-0.05, 0) is 39.0 Å². The zero-order valence-corrected chi connectivity index (χ0v) is 17.6. The van der Waals surface area contributed by atoms with Crippen LogP contribution in [0.2, 0.25) is 0 Å². The second kappa shape index (κ2) is 8.57. The third kappa shape index (κ3) is 4.35. The molecule has 1 saturated heterocycles. The van der Waals surface area contributed by atoms with Crippen LogP contribution in [-0.2, 0) is 16.0 Å². The number of aromatic nitrogens is 5. The number of rotatable bonds is 8. The Labute approximate surface area is 165 Å². The summed E-state index contributed by atoms with van der Waals surface area (Å²) in [7, 11) is 0. The van der Waals surface area contributed by atoms with Gasteiger partial charge in [-0.3, -0.25) is 4.57 Å². The summed E-state index contributed by atoms with van der Waals surface area (Å²) in [6.07, 6.45) is 0.526. The summed E-state index contributed by atoms with van der Waals surface area (Å²) in [6, 6.07) is -0.0182. The Balaban J connectivity index is 1.80. The van der Waals surface area contributed by atoms with Gasteiger partial charge in [-0.1, -0.05) is 25.9 Å². The molecule has 1 aliphatic rings. The average Bonchev–Trinajstić information content (AvgIpc) is 3.33. The summed E-state index contributed by atoms with van der Waals surface area (Å²) in [5, 5.41) is 8.54. The van der Waals surface area contributed by atoms with Gasteiger partial charge in [-0.25, -0.2) is 9.48 Å². The Morgan fingerprint density at radius 2 is 2.00 bits per heavy atom. The van der Waals surface area contributed by atoms with Crippen molar-refractivity contribution in [2.75, 3.05) is 13.2 Å². The van der Waals surface area contributed by atoms with Crippen molar-refractivity contribution in [3.8, 4) is 0 Å². The molecule has 0 aliphatic carbocycles. The van der Waals surface area contributed by atoms with E-state index < -0.39 is 0 Å². The lowest BCUT2D eigenvalue weighted by Gasteiger charge is -2.16. The molecule has 0 spiro atoms. The fourth-order valence-electron chi connectivity index (χ4n) is 3.28. The van der Waals surface area contributed by atoms with Crippen molar-refractivity contribution in [1.29, 1.82) is 0 Å². The van der Waals surface area contributed by atoms with E-state index in [-0.39, 0.29) is 30.5 Å². The maximum Gasteiger partial charge on any atom is 0.346 e. The largest absolute Gasteiger partial charge is 0.370 e. The number of ether oxygens (including phenoxy) is 2. The van der Waals surface area contributed by atoms with Gasteiger partial charge in [0.2, 0.25) is 5.89 Å². The summed E-state index contributed by atoms with van der Waals surface area (Å²) in [5.41, 5.74) is -0.198. The van der Waals surface area contributed by atoms with Crippen LogP contribution in [0.25, 0.3) is 0 Å². The molecule has 3 heterocycles. The molecule has 3 rings (SSSR count). The van der Waals surface area contributed by atoms with Crippen LogP contribution in [0.5, 0.6) is 0 Å². The van der Waals surface area contributed by atoms with Crippen LogP contribution in [0, 0.1) is 11.8 Å². The summed E-state index contributed by atoms with van der Waals surface area (Å²) >= 11 is 0. The first-order chi connectivity index (χ1) is 13.3. The van der Waals surface area contributed by atoms with Crippen molar-refractivity contribution in [2.45, 2.75) is 72.8 Å². The lowest BCUT2D eigenvalue weighted by molar-refractivity contribution is 0.0402. The quantitative estimate of drug-likeness (QED) is 0.680. The molecule has 28 heavy (non-hydrogen) atoms. The highest BCUT2D eigenvalue weighted by Gasteiger charge is 2.32. The second-order valence-electron chi connectivity index (χ2n) is 8.24. The van der Waals surface area contributed by atoms with E-state index in [0.717, 1.165) is 6.42 Å². The van der Waals surface area contributed by atoms with Gasteiger partial charge in [0.15, 0.2) is 11.6 Å². The predicted octanol–water partition coefficient (Wildman–Crippen LogP) is 2.89. The Hall–Kier alpha value is -2.00. The molecule has 1 aliphatic heterocycles. The molecule has 2 aromatic heterocycles. The molecule has 156 valence electrons. The van der Waals surface area contributed by atoms with Crippen molar-refractivity contribution in [3.63, 3.8) is 0 Å². The van der Waals surface area contributed by atoms with Crippen LogP contribution < -0.4 is 5.69 Å². The van der Waals surface area contributed by atoms with Gasteiger partial charge in [-0.15, -0.1) is 0 Å². The molecule has 0 unspecified atom stereocenters. The smallest absolute Gasteiger partial charge is 0.346 e. The molecule has 1 fully saturated rings. The normalized spacial score (nSPS) is 21.1. The summed E-state index contributed by atoms with van der Waals surface area (Å²) < 4.78 is 20.0. The maximum atomic E-state index is 12.9. The highest BCUT2D eigenvalue weighted by Crippen LogP contribution is 2.33. The lowest BCUT2D eigenvalue weighted by Crippen LogP contribution is -2.28. The average molecular weight is 393 g/mol. The van der Waals surface area contributed by atoms with Gasteiger partial charge in [0.1, 0.15) is 18.8 Å². The van der Waals surface area contributed by atoms with E-state index in [4.69, 9.17) is 14.0 Å². The molecule has 0 aromatic carbocycles. The predicted molar refractivity (Wildman–Crippen MR) is 102 cm³/mol. The van der Waals surface area contributed by atoms with E-state index in [0.29, 0.717) is 42.6 Å². The van der Waals surface area contributed by atoms with Crippen LogP contribution in [0.4, 0.5) is 0 Å². The Bertz CT molecular complexity index is 838. The van der Waals surface area contributed by atoms with Gasteiger partial charge in [0, 0.05) is 19.3 Å². The molecule has 0 radical (unpaired) electrons. The molecule has 0 N–H and O–H groups in total. The SMILES string of the molecule is CC(C)CO[C@H](C)c1noc(Cn2nc([C@H]3OCC[C@H]3C)n(C(C)C)c2=O)n1. The van der Waals surface area contributed by atoms with Gasteiger partial charge in [0.25, 0.3) is 0 Å². The summed E-state index contributed by atoms with van der Waals surface area (Å²) in [5.74, 6) is 2.21. The van der Waals surface area contributed by atoms with Crippen LogP contribution >= 0.6 is 0 Å². The number of hydrogen-bond donors (Lipinski definition) is 0. The fourth-order valence-corrected chi connectivity index (χ4v) is 3.28. The molecule has 3 atom stereocenters. The van der Waals surface area contributed by atoms with Crippen LogP contribution in [0.15, 0.2) is 9.32 Å². The molecule has 0 amide bonds. The topological polar surface area (TPSA) is 97.2 Å². The fraction of sp³-hybridized carbons (Fsp3) is 0.789. The monoisotopic (exact) mass is 393 g/mol. The van der Waals surface area contributed by atoms with E-state index in [1.807, 2.05) is 20.8 Å². The van der Waals surface area contributed by atoms with Crippen molar-refractivity contribution in [3.05, 3.63) is 28.0 Å². The third-order valence-corrected chi connectivity index (χ3v) is 4.87. The summed E-state index contributed by atoms with van der Waals surface area (Å²) in [6.45, 7) is 13.5. The van der Waals surface area contributed by atoms with Crippen LogP contribution in [0.3, 0.4) is 0 Å². The standard InChI is InChI=1S/C19H31N5O4/c1-11(2)10-27-14(6)17-20-15(28-22-17)9-23-19(25)24(12(3)4)18(21-23)16-13(5)7-8-26-16/h11-14,16H,7-10H2,1-6H3/t13-,14-,16+/m1/s1. The number of hydrogen-bond acceptors (Lipinski definition) is 7. The highest BCUT2D eigenvalue weighted by atomic mass is 16.5. The second-order valence-corrected chi connectivity index (χ2v) is 8.24. The Kier molecular flexibility index (Phi) is 6.34. The first-order valence-corrected chi connectivity index (χ1v) is 10.0. The van der Waals surface area contributed by atoms with Gasteiger partial charge in [-0.2, -0.15) is 10.1 Å². The van der Waals surface area contributed by atoms with Crippen LogP contribution in [0.1, 0.15) is 83.8 Å². The van der Waals surface area contributed by atoms with Crippen molar-refractivity contribution in [1.82, 2.24) is 24.5 Å². The molecular formula is C19H31N5O4. The third-order valence-electron chi connectivity index (χ3n) is 4.87. The van der Waals surface area contributed by atoms with E-state index in [9.17, 15) is 4.79 Å². The van der Waals surface area contributed by atoms with Gasteiger partial charge >= 0.3 is 5.69 Å². The summed E-state index contributed by atoms with van der Waals surface area (Å²) in [4.78, 5) is 17.3. The van der Waals surface area contributed by atoms with Gasteiger partial charge in [0.05, 0.1) is 0 Å². The zero-order valence-electron chi connectivity index (χ0n) is 17.6. The van der Waals surface area contributed by atoms with Crippen molar-refractivity contribution >= 4 is 0 Å².